The summed E-state index contributed by atoms with van der Waals surface area (Å²) in [6.07, 6.45) is 5.44. The van der Waals surface area contributed by atoms with Crippen LogP contribution in [0.15, 0.2) is 6.07 Å². The van der Waals surface area contributed by atoms with Crippen molar-refractivity contribution < 1.29 is 14.9 Å². The van der Waals surface area contributed by atoms with Crippen LogP contribution in [0.4, 0.5) is 0 Å². The third kappa shape index (κ3) is 1.82. The van der Waals surface area contributed by atoms with Gasteiger partial charge in [0.05, 0.1) is 13.2 Å². The zero-order valence-electron chi connectivity index (χ0n) is 12.5. The Kier molecular flexibility index (Phi) is 2.95. The molecule has 1 atom stereocenters. The van der Waals surface area contributed by atoms with E-state index < -0.39 is 0 Å². The van der Waals surface area contributed by atoms with Gasteiger partial charge in [-0.2, -0.15) is 0 Å². The van der Waals surface area contributed by atoms with Crippen LogP contribution >= 0.6 is 0 Å². The lowest BCUT2D eigenvalue weighted by Crippen LogP contribution is -2.33. The molecule has 1 heterocycles. The summed E-state index contributed by atoms with van der Waals surface area (Å²) in [6, 6.07) is 2.37. The molecule has 0 amide bonds. The Morgan fingerprint density at radius 2 is 2.10 bits per heavy atom. The van der Waals surface area contributed by atoms with Crippen molar-refractivity contribution >= 4 is 0 Å². The molecule has 1 aromatic rings. The molecule has 1 fully saturated rings. The first-order valence-corrected chi connectivity index (χ1v) is 7.99. The Balaban J connectivity index is 1.89. The lowest BCUT2D eigenvalue weighted by atomic mass is 9.69. The summed E-state index contributed by atoms with van der Waals surface area (Å²) in [4.78, 5) is 0. The van der Waals surface area contributed by atoms with E-state index >= 15 is 0 Å². The molecule has 4 rings (SSSR count). The Morgan fingerprint density at radius 3 is 2.81 bits per heavy atom. The molecule has 3 N–H and O–H groups in total. The summed E-state index contributed by atoms with van der Waals surface area (Å²) in [5.74, 6) is 0.940. The predicted octanol–water partition coefficient (Wildman–Crippen LogP) is 2.16. The second kappa shape index (κ2) is 4.62. The molecule has 4 nitrogen and oxygen atoms in total. The van der Waals surface area contributed by atoms with Gasteiger partial charge in [0.2, 0.25) is 0 Å². The van der Waals surface area contributed by atoms with E-state index in [0.29, 0.717) is 17.5 Å². The molecule has 2 aliphatic carbocycles. The Labute approximate surface area is 125 Å². The number of rotatable bonds is 1. The summed E-state index contributed by atoms with van der Waals surface area (Å²) < 4.78 is 5.41. The molecular weight excluding hydrogens is 266 g/mol. The SMILES string of the molecule is COc1cc2c3c(c1O)C1(CCC(O)CC1)C[C@@H]3NCC2. The first-order chi connectivity index (χ1) is 10.1. The van der Waals surface area contributed by atoms with E-state index in [4.69, 9.17) is 4.74 Å². The van der Waals surface area contributed by atoms with Crippen molar-refractivity contribution in [2.75, 3.05) is 13.7 Å². The van der Waals surface area contributed by atoms with Gasteiger partial charge in [-0.15, -0.1) is 0 Å². The second-order valence-corrected chi connectivity index (χ2v) is 6.85. The quantitative estimate of drug-likeness (QED) is 0.741. The number of phenols is 1. The van der Waals surface area contributed by atoms with Gasteiger partial charge in [-0.05, 0) is 62.3 Å². The Hall–Kier alpha value is -1.26. The minimum Gasteiger partial charge on any atom is -0.504 e. The highest BCUT2D eigenvalue weighted by atomic mass is 16.5. The van der Waals surface area contributed by atoms with Crippen molar-refractivity contribution in [3.63, 3.8) is 0 Å². The minimum absolute atomic E-state index is 0.0178. The molecule has 21 heavy (non-hydrogen) atoms. The van der Waals surface area contributed by atoms with E-state index in [9.17, 15) is 10.2 Å². The fourth-order valence-electron chi connectivity index (χ4n) is 4.77. The maximum absolute atomic E-state index is 10.7. The monoisotopic (exact) mass is 289 g/mol. The lowest BCUT2D eigenvalue weighted by molar-refractivity contribution is 0.0919. The van der Waals surface area contributed by atoms with E-state index in [1.807, 2.05) is 6.07 Å². The molecule has 3 aliphatic rings. The number of aromatic hydroxyl groups is 1. The predicted molar refractivity (Wildman–Crippen MR) is 79.9 cm³/mol. The number of ether oxygens (including phenoxy) is 1. The van der Waals surface area contributed by atoms with E-state index in [2.05, 4.69) is 5.32 Å². The standard InChI is InChI=1S/C17H23NO3/c1-21-13-8-10-4-7-18-12-9-17(5-2-11(19)3-6-17)15(14(10)12)16(13)20/h8,11-12,18-20H,2-7,9H2,1H3/t11?,12-,17?/m0/s1. The molecule has 4 heteroatoms. The molecular formula is C17H23NO3. The van der Waals surface area contributed by atoms with Crippen molar-refractivity contribution in [2.45, 2.75) is 56.1 Å². The van der Waals surface area contributed by atoms with Crippen LogP contribution in [0.3, 0.4) is 0 Å². The third-order valence-corrected chi connectivity index (χ3v) is 5.78. The van der Waals surface area contributed by atoms with Gasteiger partial charge >= 0.3 is 0 Å². The number of aliphatic hydroxyl groups is 1. The maximum atomic E-state index is 10.7. The first kappa shape index (κ1) is 13.4. The van der Waals surface area contributed by atoms with Gasteiger partial charge in [-0.25, -0.2) is 0 Å². The lowest BCUT2D eigenvalue weighted by Gasteiger charge is -2.37. The highest BCUT2D eigenvalue weighted by Gasteiger charge is 2.49. The number of hydrogen-bond donors (Lipinski definition) is 3. The Bertz CT molecular complexity index is 576. The van der Waals surface area contributed by atoms with Gasteiger partial charge in [0, 0.05) is 17.0 Å². The molecule has 0 bridgehead atoms. The number of hydrogen-bond acceptors (Lipinski definition) is 4. The molecule has 0 aromatic heterocycles. The number of phenolic OH excluding ortho intramolecular Hbond substituents is 1. The van der Waals surface area contributed by atoms with Gasteiger partial charge in [0.25, 0.3) is 0 Å². The molecule has 0 radical (unpaired) electrons. The zero-order chi connectivity index (χ0) is 14.6. The molecule has 1 spiro atoms. The number of aliphatic hydroxyl groups excluding tert-OH is 1. The average molecular weight is 289 g/mol. The van der Waals surface area contributed by atoms with Gasteiger partial charge in [-0.1, -0.05) is 0 Å². The van der Waals surface area contributed by atoms with Crippen molar-refractivity contribution in [3.8, 4) is 11.5 Å². The van der Waals surface area contributed by atoms with Crippen LogP contribution in [0.1, 0.15) is 54.8 Å². The second-order valence-electron chi connectivity index (χ2n) is 6.85. The molecule has 114 valence electrons. The smallest absolute Gasteiger partial charge is 0.161 e. The van der Waals surface area contributed by atoms with Crippen LogP contribution in [0.5, 0.6) is 11.5 Å². The number of fused-ring (bicyclic) bond motifs is 1. The molecule has 1 saturated carbocycles. The van der Waals surface area contributed by atoms with Gasteiger partial charge in [0.15, 0.2) is 11.5 Å². The van der Waals surface area contributed by atoms with Crippen LogP contribution < -0.4 is 10.1 Å². The van der Waals surface area contributed by atoms with Gasteiger partial charge in [0.1, 0.15) is 0 Å². The number of benzene rings is 1. The van der Waals surface area contributed by atoms with Crippen LogP contribution in [-0.2, 0) is 11.8 Å². The molecule has 1 aromatic carbocycles. The third-order valence-electron chi connectivity index (χ3n) is 5.78. The van der Waals surface area contributed by atoms with Crippen molar-refractivity contribution in [1.29, 1.82) is 0 Å². The zero-order valence-corrected chi connectivity index (χ0v) is 12.5. The number of nitrogens with one attached hydrogen (secondary N) is 1. The maximum Gasteiger partial charge on any atom is 0.161 e. The van der Waals surface area contributed by atoms with Crippen molar-refractivity contribution in [1.82, 2.24) is 5.32 Å². The normalized spacial score (nSPS) is 34.0. The van der Waals surface area contributed by atoms with E-state index in [1.165, 1.54) is 11.1 Å². The highest BCUT2D eigenvalue weighted by Crippen LogP contribution is 2.59. The fraction of sp³-hybridized carbons (Fsp3) is 0.647. The van der Waals surface area contributed by atoms with E-state index in [1.54, 1.807) is 7.11 Å². The van der Waals surface area contributed by atoms with E-state index in [0.717, 1.165) is 50.6 Å². The molecule has 0 unspecified atom stereocenters. The minimum atomic E-state index is -0.177. The van der Waals surface area contributed by atoms with Crippen molar-refractivity contribution in [2.24, 2.45) is 0 Å². The van der Waals surface area contributed by atoms with Crippen LogP contribution in [-0.4, -0.2) is 30.0 Å². The molecule has 0 saturated heterocycles. The summed E-state index contributed by atoms with van der Waals surface area (Å²) >= 11 is 0. The van der Waals surface area contributed by atoms with Crippen LogP contribution in [0.2, 0.25) is 0 Å². The highest BCUT2D eigenvalue weighted by molar-refractivity contribution is 5.61. The largest absolute Gasteiger partial charge is 0.504 e. The molecule has 1 aliphatic heterocycles. The van der Waals surface area contributed by atoms with Gasteiger partial charge in [-0.3, -0.25) is 0 Å². The van der Waals surface area contributed by atoms with Crippen LogP contribution in [0.25, 0.3) is 0 Å². The van der Waals surface area contributed by atoms with Crippen molar-refractivity contribution in [3.05, 3.63) is 22.8 Å². The van der Waals surface area contributed by atoms with Gasteiger partial charge < -0.3 is 20.3 Å². The van der Waals surface area contributed by atoms with Crippen LogP contribution in [0, 0.1) is 0 Å². The summed E-state index contributed by atoms with van der Waals surface area (Å²) in [7, 11) is 1.62. The van der Waals surface area contributed by atoms with E-state index in [-0.39, 0.29) is 11.5 Å². The average Bonchev–Trinajstić information content (AvgIpc) is 2.82. The summed E-state index contributed by atoms with van der Waals surface area (Å²) in [6.45, 7) is 0.990. The fourth-order valence-corrected chi connectivity index (χ4v) is 4.77. The first-order valence-electron chi connectivity index (χ1n) is 7.99. The summed E-state index contributed by atoms with van der Waals surface area (Å²) in [5, 5.41) is 24.2. The number of methoxy groups -OCH3 is 1. The topological polar surface area (TPSA) is 61.7 Å². The Morgan fingerprint density at radius 1 is 1.33 bits per heavy atom. The summed E-state index contributed by atoms with van der Waals surface area (Å²) in [5.41, 5.74) is 3.77.